The third-order valence-electron chi connectivity index (χ3n) is 3.87. The monoisotopic (exact) mass is 291 g/mol. The molecule has 2 rings (SSSR count). The number of carbonyl (C=O) groups excluding carboxylic acids is 1. The Hall–Kier alpha value is -2.61. The first-order valence-corrected chi connectivity index (χ1v) is 7.38. The van der Waals surface area contributed by atoms with Crippen molar-refractivity contribution in [2.45, 2.75) is 19.3 Å². The summed E-state index contributed by atoms with van der Waals surface area (Å²) in [6.45, 7) is 3.87. The summed E-state index contributed by atoms with van der Waals surface area (Å²) in [5.74, 6) is -0.379. The first-order valence-electron chi connectivity index (χ1n) is 7.38. The lowest BCUT2D eigenvalue weighted by atomic mass is 9.68. The molecule has 0 saturated carbocycles. The second kappa shape index (κ2) is 6.90. The van der Waals surface area contributed by atoms with E-state index < -0.39 is 5.41 Å². The number of primary amides is 1. The highest BCUT2D eigenvalue weighted by Crippen LogP contribution is 2.39. The summed E-state index contributed by atoms with van der Waals surface area (Å²) in [5, 5.41) is 0. The number of amides is 1. The Morgan fingerprint density at radius 2 is 1.36 bits per heavy atom. The summed E-state index contributed by atoms with van der Waals surface area (Å²) in [5.41, 5.74) is 7.57. The smallest absolute Gasteiger partial charge is 0.237 e. The number of rotatable bonds is 5. The quantitative estimate of drug-likeness (QED) is 0.832. The fraction of sp³-hybridized carbons (Fsp3) is 0.150. The molecule has 112 valence electrons. The van der Waals surface area contributed by atoms with Gasteiger partial charge in [-0.15, -0.1) is 0 Å². The van der Waals surface area contributed by atoms with Crippen molar-refractivity contribution in [1.82, 2.24) is 0 Å². The van der Waals surface area contributed by atoms with E-state index in [9.17, 15) is 4.79 Å². The van der Waals surface area contributed by atoms with Gasteiger partial charge in [-0.05, 0) is 30.5 Å². The summed E-state index contributed by atoms with van der Waals surface area (Å²) in [7, 11) is 0. The van der Waals surface area contributed by atoms with Gasteiger partial charge >= 0.3 is 0 Å². The molecule has 2 heteroatoms. The summed E-state index contributed by atoms with van der Waals surface area (Å²) in [6.07, 6.45) is 5.83. The SMILES string of the molecule is C/C=C\C(=C/C)C(C(N)=O)(c1ccccc1)c1ccccc1. The number of hydrogen-bond acceptors (Lipinski definition) is 1. The summed E-state index contributed by atoms with van der Waals surface area (Å²) >= 11 is 0. The van der Waals surface area contributed by atoms with Crippen molar-refractivity contribution in [3.8, 4) is 0 Å². The number of carbonyl (C=O) groups is 1. The van der Waals surface area contributed by atoms with Crippen LogP contribution in [-0.4, -0.2) is 5.91 Å². The summed E-state index contributed by atoms with van der Waals surface area (Å²) < 4.78 is 0. The van der Waals surface area contributed by atoms with Crippen molar-refractivity contribution < 1.29 is 4.79 Å². The Morgan fingerprint density at radius 1 is 0.909 bits per heavy atom. The van der Waals surface area contributed by atoms with E-state index in [-0.39, 0.29) is 5.91 Å². The van der Waals surface area contributed by atoms with Gasteiger partial charge in [0.1, 0.15) is 5.41 Å². The second-order valence-electron chi connectivity index (χ2n) is 5.09. The lowest BCUT2D eigenvalue weighted by molar-refractivity contribution is -0.121. The highest BCUT2D eigenvalue weighted by Gasteiger charge is 2.42. The van der Waals surface area contributed by atoms with E-state index in [1.165, 1.54) is 0 Å². The van der Waals surface area contributed by atoms with Crippen LogP contribution in [0.25, 0.3) is 0 Å². The predicted molar refractivity (Wildman–Crippen MR) is 91.4 cm³/mol. The van der Waals surface area contributed by atoms with E-state index in [1.807, 2.05) is 92.7 Å². The van der Waals surface area contributed by atoms with Crippen LogP contribution in [0.4, 0.5) is 0 Å². The van der Waals surface area contributed by atoms with Crippen LogP contribution >= 0.6 is 0 Å². The van der Waals surface area contributed by atoms with Gasteiger partial charge in [-0.3, -0.25) is 4.79 Å². The highest BCUT2D eigenvalue weighted by atomic mass is 16.1. The summed E-state index contributed by atoms with van der Waals surface area (Å²) in [6, 6.07) is 19.4. The van der Waals surface area contributed by atoms with E-state index in [1.54, 1.807) is 0 Å². The van der Waals surface area contributed by atoms with Gasteiger partial charge in [0, 0.05) is 0 Å². The minimum absolute atomic E-state index is 0.379. The van der Waals surface area contributed by atoms with Gasteiger partial charge in [-0.1, -0.05) is 78.9 Å². The zero-order valence-electron chi connectivity index (χ0n) is 13.0. The Labute approximate surface area is 132 Å². The van der Waals surface area contributed by atoms with Gasteiger partial charge < -0.3 is 5.73 Å². The van der Waals surface area contributed by atoms with E-state index in [4.69, 9.17) is 5.73 Å². The molecule has 0 aliphatic rings. The fourth-order valence-corrected chi connectivity index (χ4v) is 2.92. The molecule has 0 radical (unpaired) electrons. The maximum Gasteiger partial charge on any atom is 0.237 e. The predicted octanol–water partition coefficient (Wildman–Crippen LogP) is 3.98. The largest absolute Gasteiger partial charge is 0.368 e. The third kappa shape index (κ3) is 2.60. The Morgan fingerprint density at radius 3 is 1.68 bits per heavy atom. The second-order valence-corrected chi connectivity index (χ2v) is 5.09. The van der Waals surface area contributed by atoms with Crippen molar-refractivity contribution >= 4 is 5.91 Å². The van der Waals surface area contributed by atoms with Crippen LogP contribution in [-0.2, 0) is 10.2 Å². The van der Waals surface area contributed by atoms with Crippen LogP contribution in [0.2, 0.25) is 0 Å². The average molecular weight is 291 g/mol. The lowest BCUT2D eigenvalue weighted by Crippen LogP contribution is -2.43. The van der Waals surface area contributed by atoms with Crippen molar-refractivity contribution in [3.63, 3.8) is 0 Å². The molecule has 0 fully saturated rings. The molecule has 0 aliphatic carbocycles. The molecule has 0 atom stereocenters. The maximum atomic E-state index is 12.6. The molecule has 1 amide bonds. The minimum Gasteiger partial charge on any atom is -0.368 e. The Kier molecular flexibility index (Phi) is 4.95. The molecule has 0 aromatic heterocycles. The van der Waals surface area contributed by atoms with E-state index in [0.29, 0.717) is 0 Å². The Balaban J connectivity index is 2.86. The average Bonchev–Trinajstić information content (AvgIpc) is 2.56. The van der Waals surface area contributed by atoms with Crippen LogP contribution in [0, 0.1) is 0 Å². The molecule has 0 spiro atoms. The maximum absolute atomic E-state index is 12.6. The minimum atomic E-state index is -0.982. The molecule has 2 nitrogen and oxygen atoms in total. The fourth-order valence-electron chi connectivity index (χ4n) is 2.92. The molecule has 2 aromatic rings. The Bertz CT molecular complexity index is 645. The highest BCUT2D eigenvalue weighted by molar-refractivity contribution is 5.95. The third-order valence-corrected chi connectivity index (χ3v) is 3.87. The number of hydrogen-bond donors (Lipinski definition) is 1. The van der Waals surface area contributed by atoms with Gasteiger partial charge in [0.15, 0.2) is 0 Å². The number of allylic oxidation sites excluding steroid dienone is 3. The van der Waals surface area contributed by atoms with Gasteiger partial charge in [0.2, 0.25) is 5.91 Å². The van der Waals surface area contributed by atoms with Crippen molar-refractivity contribution in [1.29, 1.82) is 0 Å². The lowest BCUT2D eigenvalue weighted by Gasteiger charge is -2.33. The van der Waals surface area contributed by atoms with E-state index >= 15 is 0 Å². The molecule has 2 aromatic carbocycles. The van der Waals surface area contributed by atoms with Gasteiger partial charge in [0.05, 0.1) is 0 Å². The van der Waals surface area contributed by atoms with Gasteiger partial charge in [-0.25, -0.2) is 0 Å². The van der Waals surface area contributed by atoms with Crippen LogP contribution in [0.1, 0.15) is 25.0 Å². The molecular weight excluding hydrogens is 270 g/mol. The van der Waals surface area contributed by atoms with Gasteiger partial charge in [0.25, 0.3) is 0 Å². The molecule has 0 heterocycles. The van der Waals surface area contributed by atoms with Crippen LogP contribution in [0.15, 0.2) is 84.5 Å². The molecule has 2 N–H and O–H groups in total. The standard InChI is InChI=1S/C20H21NO/c1-3-11-16(4-2)20(19(21)22,17-12-7-5-8-13-17)18-14-9-6-10-15-18/h3-15H,1-2H3,(H2,21,22)/b11-3-,16-4+. The van der Waals surface area contributed by atoms with Crippen molar-refractivity contribution in [3.05, 3.63) is 95.6 Å². The number of nitrogens with two attached hydrogens (primary N) is 1. The molecule has 0 aliphatic heterocycles. The zero-order chi connectivity index (χ0) is 16.0. The van der Waals surface area contributed by atoms with Crippen LogP contribution in [0.3, 0.4) is 0 Å². The first kappa shape index (κ1) is 15.8. The normalized spacial score (nSPS) is 12.5. The molecule has 0 saturated heterocycles. The van der Waals surface area contributed by atoms with Crippen LogP contribution in [0.5, 0.6) is 0 Å². The van der Waals surface area contributed by atoms with Crippen molar-refractivity contribution in [2.24, 2.45) is 5.73 Å². The van der Waals surface area contributed by atoms with Gasteiger partial charge in [-0.2, -0.15) is 0 Å². The molecule has 0 bridgehead atoms. The van der Waals surface area contributed by atoms with E-state index in [0.717, 1.165) is 16.7 Å². The summed E-state index contributed by atoms with van der Waals surface area (Å²) in [4.78, 5) is 12.6. The molecular formula is C20H21NO. The first-order chi connectivity index (χ1) is 10.7. The molecule has 22 heavy (non-hydrogen) atoms. The van der Waals surface area contributed by atoms with Crippen molar-refractivity contribution in [2.75, 3.05) is 0 Å². The number of benzene rings is 2. The molecule has 0 unspecified atom stereocenters. The zero-order valence-corrected chi connectivity index (χ0v) is 13.0. The van der Waals surface area contributed by atoms with Crippen LogP contribution < -0.4 is 5.73 Å². The topological polar surface area (TPSA) is 43.1 Å². The van der Waals surface area contributed by atoms with E-state index in [2.05, 4.69) is 0 Å².